The van der Waals surface area contributed by atoms with E-state index < -0.39 is 0 Å². The molecule has 0 aliphatic rings. The summed E-state index contributed by atoms with van der Waals surface area (Å²) in [5, 5.41) is 0. The zero-order chi connectivity index (χ0) is 10.7. The van der Waals surface area contributed by atoms with Gasteiger partial charge in [-0.25, -0.2) is 10.4 Å². The first-order chi connectivity index (χ1) is 7.29. The molecule has 2 aromatic heterocycles. The quantitative estimate of drug-likeness (QED) is 0.567. The molecule has 80 valence electrons. The van der Waals surface area contributed by atoms with Crippen LogP contribution >= 0.6 is 22.9 Å². The third-order valence-corrected chi connectivity index (χ3v) is 3.34. The Kier molecular flexibility index (Phi) is 3.37. The molecule has 0 aromatic carbocycles. The van der Waals surface area contributed by atoms with Crippen molar-refractivity contribution in [3.05, 3.63) is 39.6 Å². The van der Waals surface area contributed by atoms with Crippen LogP contribution in [0.3, 0.4) is 0 Å². The van der Waals surface area contributed by atoms with Gasteiger partial charge in [0.15, 0.2) is 0 Å². The van der Waals surface area contributed by atoms with E-state index in [1.54, 1.807) is 23.7 Å². The number of rotatable bonds is 4. The average molecular weight is 243 g/mol. The van der Waals surface area contributed by atoms with E-state index in [2.05, 4.69) is 15.4 Å². The second kappa shape index (κ2) is 4.76. The maximum absolute atomic E-state index is 5.86. The number of hydrazine groups is 1. The molecule has 6 heteroatoms. The number of aromatic amines is 1. The van der Waals surface area contributed by atoms with Crippen LogP contribution in [0.25, 0.3) is 0 Å². The fourth-order valence-corrected chi connectivity index (χ4v) is 2.50. The van der Waals surface area contributed by atoms with Crippen LogP contribution in [0.2, 0.25) is 4.34 Å². The number of halogens is 1. The predicted molar refractivity (Wildman–Crippen MR) is 61.7 cm³/mol. The summed E-state index contributed by atoms with van der Waals surface area (Å²) in [5.41, 5.74) is 2.73. The molecule has 0 fully saturated rings. The molecule has 0 saturated carbocycles. The molecule has 2 aromatic rings. The topological polar surface area (TPSA) is 66.7 Å². The first-order valence-electron chi connectivity index (χ1n) is 4.49. The summed E-state index contributed by atoms with van der Waals surface area (Å²) in [6.45, 7) is 0. The molecule has 0 aliphatic carbocycles. The molecule has 0 amide bonds. The van der Waals surface area contributed by atoms with Crippen molar-refractivity contribution in [1.29, 1.82) is 0 Å². The minimum Gasteiger partial charge on any atom is -0.347 e. The van der Waals surface area contributed by atoms with Crippen LogP contribution in [0.1, 0.15) is 16.7 Å². The summed E-state index contributed by atoms with van der Waals surface area (Å²) in [7, 11) is 0. The molecule has 15 heavy (non-hydrogen) atoms. The van der Waals surface area contributed by atoms with Gasteiger partial charge in [-0.05, 0) is 12.1 Å². The molecule has 0 spiro atoms. The van der Waals surface area contributed by atoms with Gasteiger partial charge < -0.3 is 4.98 Å². The third-order valence-electron chi connectivity index (χ3n) is 2.08. The van der Waals surface area contributed by atoms with Crippen molar-refractivity contribution in [2.75, 3.05) is 0 Å². The Hall–Kier alpha value is -0.880. The summed E-state index contributed by atoms with van der Waals surface area (Å²) < 4.78 is 0.792. The second-order valence-electron chi connectivity index (χ2n) is 3.10. The molecule has 2 rings (SSSR count). The van der Waals surface area contributed by atoms with Crippen molar-refractivity contribution in [3.63, 3.8) is 0 Å². The monoisotopic (exact) mass is 242 g/mol. The largest absolute Gasteiger partial charge is 0.347 e. The molecule has 0 bridgehead atoms. The van der Waals surface area contributed by atoms with Crippen molar-refractivity contribution >= 4 is 22.9 Å². The second-order valence-corrected chi connectivity index (χ2v) is 4.90. The van der Waals surface area contributed by atoms with Crippen molar-refractivity contribution in [3.8, 4) is 0 Å². The standard InChI is InChI=1S/C9H11ClN4S/c10-8-2-1-6(15-8)5-7(14-11)9-12-3-4-13-9/h1-4,7,14H,5,11H2,(H,12,13). The van der Waals surface area contributed by atoms with Crippen LogP contribution in [0.4, 0.5) is 0 Å². The first-order valence-corrected chi connectivity index (χ1v) is 5.68. The maximum atomic E-state index is 5.86. The SMILES string of the molecule is NNC(Cc1ccc(Cl)s1)c1ncc[nH]1. The summed E-state index contributed by atoms with van der Waals surface area (Å²) in [6, 6.07) is 3.88. The minimum atomic E-state index is -0.00489. The van der Waals surface area contributed by atoms with E-state index in [0.29, 0.717) is 0 Å². The van der Waals surface area contributed by atoms with E-state index in [0.717, 1.165) is 16.6 Å². The molecule has 4 nitrogen and oxygen atoms in total. The number of aromatic nitrogens is 2. The lowest BCUT2D eigenvalue weighted by Gasteiger charge is -2.11. The Bertz CT molecular complexity index is 411. The number of H-pyrrole nitrogens is 1. The van der Waals surface area contributed by atoms with Crippen molar-refractivity contribution in [2.45, 2.75) is 12.5 Å². The number of nitrogens with one attached hydrogen (secondary N) is 2. The van der Waals surface area contributed by atoms with E-state index in [-0.39, 0.29) is 6.04 Å². The Morgan fingerprint density at radius 2 is 2.47 bits per heavy atom. The normalized spacial score (nSPS) is 12.9. The van der Waals surface area contributed by atoms with Gasteiger partial charge in [-0.2, -0.15) is 0 Å². The van der Waals surface area contributed by atoms with Gasteiger partial charge in [0.2, 0.25) is 0 Å². The number of hydrogen-bond acceptors (Lipinski definition) is 4. The lowest BCUT2D eigenvalue weighted by atomic mass is 10.2. The molecule has 0 saturated heterocycles. The Morgan fingerprint density at radius 3 is 3.00 bits per heavy atom. The zero-order valence-corrected chi connectivity index (χ0v) is 9.48. The molecular formula is C9H11ClN4S. The minimum absolute atomic E-state index is 0.00489. The van der Waals surface area contributed by atoms with E-state index in [9.17, 15) is 0 Å². The van der Waals surface area contributed by atoms with Crippen LogP contribution in [0.5, 0.6) is 0 Å². The van der Waals surface area contributed by atoms with Crippen molar-refractivity contribution in [2.24, 2.45) is 5.84 Å². The molecule has 1 unspecified atom stereocenters. The number of hydrogen-bond donors (Lipinski definition) is 3. The van der Waals surface area contributed by atoms with Gasteiger partial charge in [-0.15, -0.1) is 11.3 Å². The highest BCUT2D eigenvalue weighted by Gasteiger charge is 2.13. The predicted octanol–water partition coefficient (Wildman–Crippen LogP) is 1.87. The van der Waals surface area contributed by atoms with Crippen LogP contribution in [-0.4, -0.2) is 9.97 Å². The van der Waals surface area contributed by atoms with E-state index >= 15 is 0 Å². The molecule has 2 heterocycles. The van der Waals surface area contributed by atoms with Crippen LogP contribution in [-0.2, 0) is 6.42 Å². The highest BCUT2D eigenvalue weighted by atomic mass is 35.5. The van der Waals surface area contributed by atoms with Gasteiger partial charge in [0.05, 0.1) is 10.4 Å². The fraction of sp³-hybridized carbons (Fsp3) is 0.222. The molecule has 4 N–H and O–H groups in total. The Balaban J connectivity index is 2.09. The summed E-state index contributed by atoms with van der Waals surface area (Å²) in [6.07, 6.45) is 4.27. The Morgan fingerprint density at radius 1 is 1.60 bits per heavy atom. The van der Waals surface area contributed by atoms with Crippen molar-refractivity contribution in [1.82, 2.24) is 15.4 Å². The molecule has 1 atom stereocenters. The highest BCUT2D eigenvalue weighted by molar-refractivity contribution is 7.16. The van der Waals surface area contributed by atoms with Crippen LogP contribution in [0, 0.1) is 0 Å². The lowest BCUT2D eigenvalue weighted by Crippen LogP contribution is -2.30. The van der Waals surface area contributed by atoms with Gasteiger partial charge in [-0.3, -0.25) is 5.84 Å². The van der Waals surface area contributed by atoms with Gasteiger partial charge >= 0.3 is 0 Å². The first kappa shape index (κ1) is 10.6. The smallest absolute Gasteiger partial charge is 0.124 e. The van der Waals surface area contributed by atoms with Crippen LogP contribution in [0.15, 0.2) is 24.5 Å². The lowest BCUT2D eigenvalue weighted by molar-refractivity contribution is 0.531. The number of nitrogens with zero attached hydrogens (tertiary/aromatic N) is 1. The van der Waals surface area contributed by atoms with Crippen LogP contribution < -0.4 is 11.3 Å². The Labute approximate surface area is 96.5 Å². The van der Waals surface area contributed by atoms with E-state index in [1.165, 1.54) is 4.88 Å². The summed E-state index contributed by atoms with van der Waals surface area (Å²) in [5.74, 6) is 6.32. The molecule has 0 aliphatic heterocycles. The molecular weight excluding hydrogens is 232 g/mol. The van der Waals surface area contributed by atoms with E-state index in [1.807, 2.05) is 12.1 Å². The average Bonchev–Trinajstić information content (AvgIpc) is 2.85. The van der Waals surface area contributed by atoms with E-state index in [4.69, 9.17) is 17.4 Å². The van der Waals surface area contributed by atoms with Gasteiger partial charge in [-0.1, -0.05) is 11.6 Å². The fourth-order valence-electron chi connectivity index (χ4n) is 1.37. The maximum Gasteiger partial charge on any atom is 0.124 e. The van der Waals surface area contributed by atoms with Gasteiger partial charge in [0.1, 0.15) is 5.82 Å². The summed E-state index contributed by atoms with van der Waals surface area (Å²) >= 11 is 7.41. The van der Waals surface area contributed by atoms with Gasteiger partial charge in [0.25, 0.3) is 0 Å². The van der Waals surface area contributed by atoms with Crippen molar-refractivity contribution < 1.29 is 0 Å². The highest BCUT2D eigenvalue weighted by Crippen LogP contribution is 2.25. The zero-order valence-electron chi connectivity index (χ0n) is 7.90. The number of imidazole rings is 1. The number of thiophene rings is 1. The van der Waals surface area contributed by atoms with Gasteiger partial charge in [0, 0.05) is 23.7 Å². The summed E-state index contributed by atoms with van der Waals surface area (Å²) in [4.78, 5) is 8.38. The molecule has 0 radical (unpaired) electrons. The third kappa shape index (κ3) is 2.57. The number of nitrogens with two attached hydrogens (primary N) is 1.